The van der Waals surface area contributed by atoms with E-state index in [1.54, 1.807) is 0 Å². The fourth-order valence-electron chi connectivity index (χ4n) is 4.56. The fourth-order valence-corrected chi connectivity index (χ4v) is 4.56. The molecule has 1 aromatic heterocycles. The lowest BCUT2D eigenvalue weighted by Gasteiger charge is -2.22. The smallest absolute Gasteiger partial charge is 0.161 e. The highest BCUT2D eigenvalue weighted by atomic mass is 16.6. The average Bonchev–Trinajstić information content (AvgIpc) is 3.23. The van der Waals surface area contributed by atoms with E-state index in [4.69, 9.17) is 14.5 Å². The summed E-state index contributed by atoms with van der Waals surface area (Å²) in [5, 5.41) is 0. The molecule has 0 atom stereocenters. The molecule has 0 saturated heterocycles. The summed E-state index contributed by atoms with van der Waals surface area (Å²) in [6, 6.07) is 27.3. The van der Waals surface area contributed by atoms with Crippen molar-refractivity contribution >= 4 is 0 Å². The van der Waals surface area contributed by atoms with Crippen molar-refractivity contribution in [3.8, 4) is 34.1 Å². The maximum Gasteiger partial charge on any atom is 0.161 e. The van der Waals surface area contributed by atoms with Gasteiger partial charge in [-0.2, -0.15) is 0 Å². The second-order valence-corrected chi connectivity index (χ2v) is 8.76. The van der Waals surface area contributed by atoms with Crippen molar-refractivity contribution < 1.29 is 9.47 Å². The number of fused-ring (bicyclic) bond motifs is 1. The zero-order valence-corrected chi connectivity index (χ0v) is 19.9. The van der Waals surface area contributed by atoms with Gasteiger partial charge < -0.3 is 14.0 Å². The van der Waals surface area contributed by atoms with Crippen molar-refractivity contribution in [2.24, 2.45) is 0 Å². The van der Waals surface area contributed by atoms with Crippen LogP contribution in [0.25, 0.3) is 22.6 Å². The van der Waals surface area contributed by atoms with E-state index in [1.807, 2.05) is 6.07 Å². The molecular weight excluding hydrogens is 422 g/mol. The lowest BCUT2D eigenvalue weighted by Crippen LogP contribution is -2.21. The SMILES string of the molecule is CCCn1c(-c2ccccc2)nc(-c2ccccc2)c1CN(C)Cc1ccc2c(c1)OCCO2. The highest BCUT2D eigenvalue weighted by molar-refractivity contribution is 5.68. The molecule has 174 valence electrons. The molecule has 2 heterocycles. The molecule has 4 aromatic rings. The molecule has 0 bridgehead atoms. The molecule has 5 nitrogen and oxygen atoms in total. The fraction of sp³-hybridized carbons (Fsp3) is 0.276. The van der Waals surface area contributed by atoms with Crippen molar-refractivity contribution in [1.29, 1.82) is 0 Å². The van der Waals surface area contributed by atoms with Gasteiger partial charge in [-0.3, -0.25) is 4.90 Å². The minimum Gasteiger partial charge on any atom is -0.486 e. The van der Waals surface area contributed by atoms with Crippen molar-refractivity contribution in [3.63, 3.8) is 0 Å². The van der Waals surface area contributed by atoms with Crippen molar-refractivity contribution in [2.45, 2.75) is 33.0 Å². The third kappa shape index (κ3) is 4.70. The largest absolute Gasteiger partial charge is 0.486 e. The van der Waals surface area contributed by atoms with E-state index < -0.39 is 0 Å². The number of hydrogen-bond donors (Lipinski definition) is 0. The van der Waals surface area contributed by atoms with Crippen LogP contribution >= 0.6 is 0 Å². The first-order chi connectivity index (χ1) is 16.7. The summed E-state index contributed by atoms with van der Waals surface area (Å²) < 4.78 is 13.9. The summed E-state index contributed by atoms with van der Waals surface area (Å²) in [7, 11) is 2.16. The summed E-state index contributed by atoms with van der Waals surface area (Å²) in [4.78, 5) is 7.53. The van der Waals surface area contributed by atoms with Gasteiger partial charge in [0.25, 0.3) is 0 Å². The van der Waals surface area contributed by atoms with E-state index in [2.05, 4.69) is 96.2 Å². The number of benzene rings is 3. The zero-order valence-electron chi connectivity index (χ0n) is 19.9. The Labute approximate surface area is 201 Å². The zero-order chi connectivity index (χ0) is 23.3. The molecule has 0 unspecified atom stereocenters. The van der Waals surface area contributed by atoms with Gasteiger partial charge >= 0.3 is 0 Å². The molecule has 3 aromatic carbocycles. The maximum atomic E-state index is 5.79. The first-order valence-electron chi connectivity index (χ1n) is 12.0. The first kappa shape index (κ1) is 22.2. The average molecular weight is 454 g/mol. The molecule has 5 rings (SSSR count). The topological polar surface area (TPSA) is 39.5 Å². The number of nitrogens with zero attached hydrogens (tertiary/aromatic N) is 3. The molecule has 0 amide bonds. The molecule has 0 spiro atoms. The molecule has 0 aliphatic carbocycles. The van der Waals surface area contributed by atoms with E-state index in [1.165, 1.54) is 11.3 Å². The minimum absolute atomic E-state index is 0.602. The van der Waals surface area contributed by atoms with Gasteiger partial charge in [0.15, 0.2) is 11.5 Å². The highest BCUT2D eigenvalue weighted by Gasteiger charge is 2.21. The van der Waals surface area contributed by atoms with Crippen molar-refractivity contribution in [3.05, 3.63) is 90.1 Å². The maximum absolute atomic E-state index is 5.79. The molecule has 0 saturated carbocycles. The Balaban J connectivity index is 1.49. The number of hydrogen-bond acceptors (Lipinski definition) is 4. The third-order valence-corrected chi connectivity index (χ3v) is 6.08. The van der Waals surface area contributed by atoms with Crippen LogP contribution < -0.4 is 9.47 Å². The van der Waals surface area contributed by atoms with Gasteiger partial charge in [-0.1, -0.05) is 73.7 Å². The Bertz CT molecular complexity index is 1240. The monoisotopic (exact) mass is 453 g/mol. The van der Waals surface area contributed by atoms with Gasteiger partial charge in [0.05, 0.1) is 11.4 Å². The standard InChI is InChI=1S/C29H31N3O2/c1-3-16-32-25(21-31(2)20-22-14-15-26-27(19-22)34-18-17-33-26)28(23-10-6-4-7-11-23)30-29(32)24-12-8-5-9-13-24/h4-15,19H,3,16-18,20-21H2,1-2H3. The molecule has 1 aliphatic heterocycles. The number of imidazole rings is 1. The van der Waals surface area contributed by atoms with Gasteiger partial charge in [-0.25, -0.2) is 4.98 Å². The minimum atomic E-state index is 0.602. The van der Waals surface area contributed by atoms with Crippen LogP contribution in [-0.4, -0.2) is 34.7 Å². The van der Waals surface area contributed by atoms with Crippen LogP contribution in [0.2, 0.25) is 0 Å². The highest BCUT2D eigenvalue weighted by Crippen LogP contribution is 2.33. The van der Waals surface area contributed by atoms with Crippen LogP contribution in [0, 0.1) is 0 Å². The van der Waals surface area contributed by atoms with E-state index >= 15 is 0 Å². The molecule has 0 radical (unpaired) electrons. The summed E-state index contributed by atoms with van der Waals surface area (Å²) in [6.45, 7) is 5.96. The number of rotatable bonds is 8. The summed E-state index contributed by atoms with van der Waals surface area (Å²) in [5.74, 6) is 2.70. The van der Waals surface area contributed by atoms with Crippen LogP contribution in [0.1, 0.15) is 24.6 Å². The summed E-state index contributed by atoms with van der Waals surface area (Å²) in [6.07, 6.45) is 1.04. The Morgan fingerprint density at radius 3 is 2.21 bits per heavy atom. The van der Waals surface area contributed by atoms with Gasteiger partial charge in [0.1, 0.15) is 19.0 Å². The second kappa shape index (κ2) is 10.1. The molecule has 34 heavy (non-hydrogen) atoms. The lowest BCUT2D eigenvalue weighted by atomic mass is 10.1. The van der Waals surface area contributed by atoms with Gasteiger partial charge in [0, 0.05) is 30.8 Å². The van der Waals surface area contributed by atoms with Crippen LogP contribution in [0.3, 0.4) is 0 Å². The number of aromatic nitrogens is 2. The Morgan fingerprint density at radius 2 is 1.50 bits per heavy atom. The number of ether oxygens (including phenoxy) is 2. The third-order valence-electron chi connectivity index (χ3n) is 6.08. The molecule has 5 heteroatoms. The summed E-state index contributed by atoms with van der Waals surface area (Å²) in [5.41, 5.74) is 5.80. The van der Waals surface area contributed by atoms with Crippen molar-refractivity contribution in [1.82, 2.24) is 14.5 Å². The molecule has 0 N–H and O–H groups in total. The van der Waals surface area contributed by atoms with Crippen LogP contribution in [0.4, 0.5) is 0 Å². The Hall–Kier alpha value is -3.57. The van der Waals surface area contributed by atoms with Crippen LogP contribution in [0.5, 0.6) is 11.5 Å². The first-order valence-corrected chi connectivity index (χ1v) is 12.0. The van der Waals surface area contributed by atoms with E-state index in [9.17, 15) is 0 Å². The van der Waals surface area contributed by atoms with Crippen LogP contribution in [-0.2, 0) is 19.6 Å². The lowest BCUT2D eigenvalue weighted by molar-refractivity contribution is 0.171. The van der Waals surface area contributed by atoms with Gasteiger partial charge in [-0.05, 0) is 31.2 Å². The Kier molecular flexibility index (Phi) is 6.63. The van der Waals surface area contributed by atoms with Crippen LogP contribution in [0.15, 0.2) is 78.9 Å². The van der Waals surface area contributed by atoms with Gasteiger partial charge in [-0.15, -0.1) is 0 Å². The van der Waals surface area contributed by atoms with E-state index in [0.29, 0.717) is 13.2 Å². The predicted molar refractivity (Wildman–Crippen MR) is 136 cm³/mol. The van der Waals surface area contributed by atoms with E-state index in [-0.39, 0.29) is 0 Å². The molecule has 1 aliphatic rings. The Morgan fingerprint density at radius 1 is 0.824 bits per heavy atom. The van der Waals surface area contributed by atoms with Gasteiger partial charge in [0.2, 0.25) is 0 Å². The molecular formula is C29H31N3O2. The second-order valence-electron chi connectivity index (χ2n) is 8.76. The normalized spacial score (nSPS) is 12.8. The van der Waals surface area contributed by atoms with Crippen molar-refractivity contribution in [2.75, 3.05) is 20.3 Å². The molecule has 0 fully saturated rings. The summed E-state index contributed by atoms with van der Waals surface area (Å²) >= 11 is 0. The quantitative estimate of drug-likeness (QED) is 0.327. The van der Waals surface area contributed by atoms with E-state index in [0.717, 1.165) is 60.2 Å². The predicted octanol–water partition coefficient (Wildman–Crippen LogP) is 6.03.